The molecule has 28 heavy (non-hydrogen) atoms. The van der Waals surface area contributed by atoms with Gasteiger partial charge in [0.1, 0.15) is 6.29 Å². The Morgan fingerprint density at radius 1 is 1.00 bits per heavy atom. The second kappa shape index (κ2) is 9.68. The SMILES string of the molecule is O=Cc1ccc(N2CCC(C(=O)N3CCC(C(=O)NCCO)CC3)CC2)cc1. The number of amides is 2. The molecule has 2 N–H and O–H groups in total. The van der Waals surface area contributed by atoms with Gasteiger partial charge >= 0.3 is 0 Å². The van der Waals surface area contributed by atoms with E-state index in [1.807, 2.05) is 29.2 Å². The summed E-state index contributed by atoms with van der Waals surface area (Å²) in [4.78, 5) is 39.8. The molecule has 2 aliphatic heterocycles. The standard InChI is InChI=1S/C21H29N3O4/c25-14-9-22-20(27)17-5-12-24(13-6-17)21(28)18-7-10-23(11-8-18)19-3-1-16(15-26)2-4-19/h1-4,15,17-18,25H,5-14H2,(H,22,27). The second-order valence-corrected chi connectivity index (χ2v) is 7.58. The van der Waals surface area contributed by atoms with Crippen molar-refractivity contribution >= 4 is 23.8 Å². The molecule has 0 atom stereocenters. The fourth-order valence-corrected chi connectivity index (χ4v) is 4.09. The summed E-state index contributed by atoms with van der Waals surface area (Å²) < 4.78 is 0. The maximum atomic E-state index is 12.9. The monoisotopic (exact) mass is 387 g/mol. The van der Waals surface area contributed by atoms with Crippen LogP contribution in [0.15, 0.2) is 24.3 Å². The van der Waals surface area contributed by atoms with Crippen molar-refractivity contribution in [1.82, 2.24) is 10.2 Å². The van der Waals surface area contributed by atoms with Crippen LogP contribution in [0, 0.1) is 11.8 Å². The lowest BCUT2D eigenvalue weighted by molar-refractivity contribution is -0.139. The summed E-state index contributed by atoms with van der Waals surface area (Å²) in [7, 11) is 0. The van der Waals surface area contributed by atoms with E-state index >= 15 is 0 Å². The third kappa shape index (κ3) is 4.90. The maximum Gasteiger partial charge on any atom is 0.225 e. The van der Waals surface area contributed by atoms with Gasteiger partial charge in [0, 0.05) is 55.8 Å². The first-order chi connectivity index (χ1) is 13.6. The van der Waals surface area contributed by atoms with Crippen LogP contribution in [-0.2, 0) is 9.59 Å². The molecule has 0 saturated carbocycles. The van der Waals surface area contributed by atoms with Crippen molar-refractivity contribution in [1.29, 1.82) is 0 Å². The average molecular weight is 387 g/mol. The van der Waals surface area contributed by atoms with Gasteiger partial charge in [0.25, 0.3) is 0 Å². The summed E-state index contributed by atoms with van der Waals surface area (Å²) in [5.74, 6) is 0.178. The van der Waals surface area contributed by atoms with Crippen molar-refractivity contribution in [3.05, 3.63) is 29.8 Å². The second-order valence-electron chi connectivity index (χ2n) is 7.58. The van der Waals surface area contributed by atoms with E-state index in [0.717, 1.165) is 37.9 Å². The van der Waals surface area contributed by atoms with Gasteiger partial charge in [-0.05, 0) is 49.9 Å². The van der Waals surface area contributed by atoms with Gasteiger partial charge in [-0.1, -0.05) is 0 Å². The van der Waals surface area contributed by atoms with Crippen LogP contribution < -0.4 is 10.2 Å². The summed E-state index contributed by atoms with van der Waals surface area (Å²) in [6, 6.07) is 7.55. The minimum atomic E-state index is -0.0632. The van der Waals surface area contributed by atoms with Gasteiger partial charge in [-0.3, -0.25) is 14.4 Å². The van der Waals surface area contributed by atoms with Crippen LogP contribution in [0.25, 0.3) is 0 Å². The van der Waals surface area contributed by atoms with Crippen molar-refractivity contribution in [2.24, 2.45) is 11.8 Å². The molecule has 2 amide bonds. The van der Waals surface area contributed by atoms with E-state index in [0.29, 0.717) is 31.5 Å². The zero-order valence-electron chi connectivity index (χ0n) is 16.2. The van der Waals surface area contributed by atoms with Gasteiger partial charge in [0.05, 0.1) is 6.61 Å². The third-order valence-electron chi connectivity index (χ3n) is 5.83. The molecule has 2 heterocycles. The number of carbonyl (C=O) groups is 3. The van der Waals surface area contributed by atoms with E-state index in [1.54, 1.807) is 0 Å². The molecule has 0 aliphatic carbocycles. The topological polar surface area (TPSA) is 90.0 Å². The molecular weight excluding hydrogens is 358 g/mol. The maximum absolute atomic E-state index is 12.9. The van der Waals surface area contributed by atoms with Crippen LogP contribution >= 0.6 is 0 Å². The molecule has 1 aromatic rings. The molecule has 2 fully saturated rings. The quantitative estimate of drug-likeness (QED) is 0.713. The number of benzene rings is 1. The first-order valence-corrected chi connectivity index (χ1v) is 10.1. The number of aldehydes is 1. The van der Waals surface area contributed by atoms with Crippen LogP contribution in [0.2, 0.25) is 0 Å². The zero-order valence-corrected chi connectivity index (χ0v) is 16.2. The van der Waals surface area contributed by atoms with Gasteiger partial charge in [-0.25, -0.2) is 0 Å². The number of nitrogens with one attached hydrogen (secondary N) is 1. The van der Waals surface area contributed by atoms with E-state index < -0.39 is 0 Å². The molecule has 7 nitrogen and oxygen atoms in total. The minimum Gasteiger partial charge on any atom is -0.395 e. The molecule has 1 aromatic carbocycles. The zero-order chi connectivity index (χ0) is 19.9. The van der Waals surface area contributed by atoms with E-state index in [1.165, 1.54) is 0 Å². The van der Waals surface area contributed by atoms with Crippen molar-refractivity contribution in [2.75, 3.05) is 44.2 Å². The van der Waals surface area contributed by atoms with E-state index in [2.05, 4.69) is 10.2 Å². The third-order valence-corrected chi connectivity index (χ3v) is 5.83. The molecule has 2 aliphatic rings. The molecule has 0 radical (unpaired) electrons. The van der Waals surface area contributed by atoms with Crippen LogP contribution in [0.3, 0.4) is 0 Å². The fraction of sp³-hybridized carbons (Fsp3) is 0.571. The highest BCUT2D eigenvalue weighted by Gasteiger charge is 2.32. The van der Waals surface area contributed by atoms with Gasteiger partial charge in [0.2, 0.25) is 11.8 Å². The number of rotatable bonds is 6. The Morgan fingerprint density at radius 2 is 1.61 bits per heavy atom. The lowest BCUT2D eigenvalue weighted by atomic mass is 9.91. The summed E-state index contributed by atoms with van der Waals surface area (Å²) in [5.41, 5.74) is 1.76. The summed E-state index contributed by atoms with van der Waals surface area (Å²) in [6.07, 6.45) is 3.86. The van der Waals surface area contributed by atoms with Crippen LogP contribution in [-0.4, -0.2) is 67.4 Å². The highest BCUT2D eigenvalue weighted by atomic mass is 16.3. The molecule has 0 bridgehead atoms. The van der Waals surface area contributed by atoms with Crippen LogP contribution in [0.5, 0.6) is 0 Å². The summed E-state index contributed by atoms with van der Waals surface area (Å²) in [6.45, 7) is 3.15. The Morgan fingerprint density at radius 3 is 2.18 bits per heavy atom. The first kappa shape index (κ1) is 20.3. The highest BCUT2D eigenvalue weighted by Crippen LogP contribution is 2.26. The summed E-state index contributed by atoms with van der Waals surface area (Å²) in [5, 5.41) is 11.5. The molecule has 2 saturated heterocycles. The smallest absolute Gasteiger partial charge is 0.225 e. The predicted molar refractivity (Wildman–Crippen MR) is 106 cm³/mol. The van der Waals surface area contributed by atoms with Crippen molar-refractivity contribution < 1.29 is 19.5 Å². The van der Waals surface area contributed by atoms with Gasteiger partial charge < -0.3 is 20.2 Å². The summed E-state index contributed by atoms with van der Waals surface area (Å²) >= 11 is 0. The highest BCUT2D eigenvalue weighted by molar-refractivity contribution is 5.81. The fourth-order valence-electron chi connectivity index (χ4n) is 4.09. The number of aliphatic hydroxyl groups excluding tert-OH is 1. The van der Waals surface area contributed by atoms with Gasteiger partial charge in [0.15, 0.2) is 0 Å². The molecule has 0 unspecified atom stereocenters. The molecule has 0 aromatic heterocycles. The number of aliphatic hydroxyl groups is 1. The predicted octanol–water partition coefficient (Wildman–Crippen LogP) is 1.06. The van der Waals surface area contributed by atoms with Gasteiger partial charge in [-0.2, -0.15) is 0 Å². The largest absolute Gasteiger partial charge is 0.395 e. The van der Waals surface area contributed by atoms with Crippen molar-refractivity contribution in [3.63, 3.8) is 0 Å². The van der Waals surface area contributed by atoms with Gasteiger partial charge in [-0.15, -0.1) is 0 Å². The molecule has 0 spiro atoms. The van der Waals surface area contributed by atoms with Crippen LogP contribution in [0.1, 0.15) is 36.0 Å². The van der Waals surface area contributed by atoms with Crippen LogP contribution in [0.4, 0.5) is 5.69 Å². The van der Waals surface area contributed by atoms with Crippen molar-refractivity contribution in [2.45, 2.75) is 25.7 Å². The molecular formula is C21H29N3O4. The Bertz CT molecular complexity index is 675. The number of anilines is 1. The Kier molecular flexibility index (Phi) is 7.03. The lowest BCUT2D eigenvalue weighted by Crippen LogP contribution is -2.47. The number of nitrogens with zero attached hydrogens (tertiary/aromatic N) is 2. The number of carbonyl (C=O) groups excluding carboxylic acids is 3. The number of likely N-dealkylation sites (tertiary alicyclic amines) is 1. The van der Waals surface area contributed by atoms with E-state index in [-0.39, 0.29) is 36.8 Å². The Labute approximate surface area is 165 Å². The Balaban J connectivity index is 1.45. The number of hydrogen-bond acceptors (Lipinski definition) is 5. The van der Waals surface area contributed by atoms with Crippen molar-refractivity contribution in [3.8, 4) is 0 Å². The Hall–Kier alpha value is -2.41. The molecule has 3 rings (SSSR count). The number of piperidine rings is 2. The van der Waals surface area contributed by atoms with E-state index in [9.17, 15) is 14.4 Å². The number of hydrogen-bond donors (Lipinski definition) is 2. The first-order valence-electron chi connectivity index (χ1n) is 10.1. The average Bonchev–Trinajstić information content (AvgIpc) is 2.77. The molecule has 7 heteroatoms. The lowest BCUT2D eigenvalue weighted by Gasteiger charge is -2.37. The normalized spacial score (nSPS) is 18.8. The van der Waals surface area contributed by atoms with E-state index in [4.69, 9.17) is 5.11 Å². The minimum absolute atomic E-state index is 0.0185. The molecule has 152 valence electrons.